The number of benzene rings is 1. The van der Waals surface area contributed by atoms with Crippen LogP contribution in [0.25, 0.3) is 0 Å². The first-order chi connectivity index (χ1) is 8.18. The van der Waals surface area contributed by atoms with Crippen molar-refractivity contribution in [2.45, 2.75) is 18.3 Å². The maximum Gasteiger partial charge on any atom is 0.269 e. The molecule has 88 valence electrons. The largest absolute Gasteiger partial charge is 0.379 e. The van der Waals surface area contributed by atoms with Crippen molar-refractivity contribution in [1.82, 2.24) is 0 Å². The SMILES string of the molecule is N#C[C@]1(c2ccc([N+](=O)[O-])cc2)CCCOC1. The molecule has 1 fully saturated rings. The maximum absolute atomic E-state index is 10.6. The third-order valence-corrected chi connectivity index (χ3v) is 3.09. The van der Waals surface area contributed by atoms with E-state index in [1.807, 2.05) is 0 Å². The molecule has 1 saturated heterocycles. The number of nitriles is 1. The van der Waals surface area contributed by atoms with Gasteiger partial charge in [-0.25, -0.2) is 0 Å². The van der Waals surface area contributed by atoms with Crippen LogP contribution in [-0.2, 0) is 10.2 Å². The summed E-state index contributed by atoms with van der Waals surface area (Å²) in [5.74, 6) is 0. The molecule has 2 rings (SSSR count). The zero-order valence-corrected chi connectivity index (χ0v) is 9.26. The van der Waals surface area contributed by atoms with Crippen LogP contribution in [0.1, 0.15) is 18.4 Å². The molecule has 0 unspecified atom stereocenters. The van der Waals surface area contributed by atoms with E-state index in [9.17, 15) is 15.4 Å². The summed E-state index contributed by atoms with van der Waals surface area (Å²) in [5.41, 5.74) is 0.191. The molecule has 17 heavy (non-hydrogen) atoms. The number of nitrogens with zero attached hydrogens (tertiary/aromatic N) is 2. The summed E-state index contributed by atoms with van der Waals surface area (Å²) >= 11 is 0. The molecule has 0 spiro atoms. The van der Waals surface area contributed by atoms with Crippen LogP contribution >= 0.6 is 0 Å². The van der Waals surface area contributed by atoms with Gasteiger partial charge in [-0.3, -0.25) is 10.1 Å². The summed E-state index contributed by atoms with van der Waals surface area (Å²) in [6, 6.07) is 8.45. The summed E-state index contributed by atoms with van der Waals surface area (Å²) in [7, 11) is 0. The Bertz CT molecular complexity index is 456. The van der Waals surface area contributed by atoms with Crippen LogP contribution in [0.5, 0.6) is 0 Å². The van der Waals surface area contributed by atoms with E-state index in [0.717, 1.165) is 18.4 Å². The van der Waals surface area contributed by atoms with Crippen LogP contribution in [0.4, 0.5) is 5.69 Å². The van der Waals surface area contributed by atoms with Crippen LogP contribution in [0.3, 0.4) is 0 Å². The Morgan fingerprint density at radius 1 is 1.41 bits per heavy atom. The number of ether oxygens (including phenoxy) is 1. The number of hydrogen-bond donors (Lipinski definition) is 0. The second kappa shape index (κ2) is 4.52. The molecule has 0 amide bonds. The summed E-state index contributed by atoms with van der Waals surface area (Å²) < 4.78 is 5.35. The first-order valence-corrected chi connectivity index (χ1v) is 5.42. The first-order valence-electron chi connectivity index (χ1n) is 5.42. The average Bonchev–Trinajstić information content (AvgIpc) is 2.39. The molecule has 1 aliphatic heterocycles. The third kappa shape index (κ3) is 2.12. The van der Waals surface area contributed by atoms with Gasteiger partial charge in [-0.05, 0) is 18.4 Å². The van der Waals surface area contributed by atoms with E-state index in [1.54, 1.807) is 12.1 Å². The molecule has 5 nitrogen and oxygen atoms in total. The lowest BCUT2D eigenvalue weighted by molar-refractivity contribution is -0.384. The molecular formula is C12H12N2O3. The fourth-order valence-electron chi connectivity index (χ4n) is 2.08. The standard InChI is InChI=1S/C12H12N2O3/c13-8-12(6-1-7-17-9-12)10-2-4-11(5-3-10)14(15)16/h2-5H,1,6-7,9H2/t12-/m1/s1. The van der Waals surface area contributed by atoms with Crippen molar-refractivity contribution < 1.29 is 9.66 Å². The topological polar surface area (TPSA) is 76.2 Å². The van der Waals surface area contributed by atoms with Gasteiger partial charge in [-0.1, -0.05) is 12.1 Å². The van der Waals surface area contributed by atoms with Crippen molar-refractivity contribution in [3.05, 3.63) is 39.9 Å². The van der Waals surface area contributed by atoms with E-state index in [1.165, 1.54) is 12.1 Å². The monoisotopic (exact) mass is 232 g/mol. The van der Waals surface area contributed by atoms with Gasteiger partial charge in [-0.15, -0.1) is 0 Å². The lowest BCUT2D eigenvalue weighted by atomic mass is 9.77. The predicted molar refractivity (Wildman–Crippen MR) is 60.4 cm³/mol. The Labute approximate surface area is 98.8 Å². The molecule has 0 radical (unpaired) electrons. The minimum atomic E-state index is -0.645. The Morgan fingerprint density at radius 2 is 2.12 bits per heavy atom. The lowest BCUT2D eigenvalue weighted by Crippen LogP contribution is -2.34. The number of non-ortho nitro benzene ring substituents is 1. The predicted octanol–water partition coefficient (Wildman–Crippen LogP) is 2.17. The summed E-state index contributed by atoms with van der Waals surface area (Å²) in [4.78, 5) is 10.1. The highest BCUT2D eigenvalue weighted by molar-refractivity contribution is 5.40. The zero-order chi connectivity index (χ0) is 12.3. The highest BCUT2D eigenvalue weighted by Gasteiger charge is 2.35. The smallest absolute Gasteiger partial charge is 0.269 e. The van der Waals surface area contributed by atoms with E-state index < -0.39 is 10.3 Å². The minimum Gasteiger partial charge on any atom is -0.379 e. The number of nitro groups is 1. The second-order valence-electron chi connectivity index (χ2n) is 4.15. The molecule has 1 aromatic carbocycles. The van der Waals surface area contributed by atoms with Gasteiger partial charge in [0.1, 0.15) is 5.41 Å². The lowest BCUT2D eigenvalue weighted by Gasteiger charge is -2.30. The van der Waals surface area contributed by atoms with Gasteiger partial charge in [0.15, 0.2) is 0 Å². The van der Waals surface area contributed by atoms with Gasteiger partial charge in [0.2, 0.25) is 0 Å². The van der Waals surface area contributed by atoms with Gasteiger partial charge in [0, 0.05) is 18.7 Å². The summed E-state index contributed by atoms with van der Waals surface area (Å²) in [6.45, 7) is 1.04. The maximum atomic E-state index is 10.6. The number of rotatable bonds is 2. The van der Waals surface area contributed by atoms with Crippen molar-refractivity contribution in [2.75, 3.05) is 13.2 Å². The van der Waals surface area contributed by atoms with Crippen LogP contribution in [0.2, 0.25) is 0 Å². The van der Waals surface area contributed by atoms with Crippen molar-refractivity contribution >= 4 is 5.69 Å². The van der Waals surface area contributed by atoms with Gasteiger partial charge < -0.3 is 4.74 Å². The van der Waals surface area contributed by atoms with Gasteiger partial charge in [0.05, 0.1) is 17.6 Å². The van der Waals surface area contributed by atoms with E-state index in [2.05, 4.69) is 6.07 Å². The normalized spacial score (nSPS) is 23.9. The minimum absolute atomic E-state index is 0.0403. The number of hydrogen-bond acceptors (Lipinski definition) is 4. The van der Waals surface area contributed by atoms with Crippen molar-refractivity contribution in [3.8, 4) is 6.07 Å². The van der Waals surface area contributed by atoms with Crippen molar-refractivity contribution in [2.24, 2.45) is 0 Å². The van der Waals surface area contributed by atoms with E-state index >= 15 is 0 Å². The van der Waals surface area contributed by atoms with Crippen LogP contribution < -0.4 is 0 Å². The molecule has 0 saturated carbocycles. The van der Waals surface area contributed by atoms with Crippen LogP contribution in [0.15, 0.2) is 24.3 Å². The molecule has 1 aliphatic rings. The molecule has 5 heteroatoms. The Morgan fingerprint density at radius 3 is 2.59 bits per heavy atom. The highest BCUT2D eigenvalue weighted by atomic mass is 16.6. The second-order valence-corrected chi connectivity index (χ2v) is 4.15. The van der Waals surface area contributed by atoms with Gasteiger partial charge in [0.25, 0.3) is 5.69 Å². The first kappa shape index (κ1) is 11.6. The molecule has 0 aliphatic carbocycles. The highest BCUT2D eigenvalue weighted by Crippen LogP contribution is 2.33. The summed E-state index contributed by atoms with van der Waals surface area (Å²) in [5, 5.41) is 19.9. The Balaban J connectivity index is 2.32. The van der Waals surface area contributed by atoms with Gasteiger partial charge >= 0.3 is 0 Å². The van der Waals surface area contributed by atoms with E-state index in [4.69, 9.17) is 4.74 Å². The van der Waals surface area contributed by atoms with E-state index in [-0.39, 0.29) is 5.69 Å². The Hall–Kier alpha value is -1.93. The average molecular weight is 232 g/mol. The molecule has 0 aromatic heterocycles. The molecule has 0 N–H and O–H groups in total. The van der Waals surface area contributed by atoms with Crippen LogP contribution in [-0.4, -0.2) is 18.1 Å². The third-order valence-electron chi connectivity index (χ3n) is 3.09. The van der Waals surface area contributed by atoms with Gasteiger partial charge in [-0.2, -0.15) is 5.26 Å². The Kier molecular flexibility index (Phi) is 3.07. The fourth-order valence-corrected chi connectivity index (χ4v) is 2.08. The quantitative estimate of drug-likeness (QED) is 0.578. The van der Waals surface area contributed by atoms with Crippen molar-refractivity contribution in [3.63, 3.8) is 0 Å². The fraction of sp³-hybridized carbons (Fsp3) is 0.417. The molecule has 0 bridgehead atoms. The van der Waals surface area contributed by atoms with Crippen LogP contribution in [0, 0.1) is 21.4 Å². The number of nitro benzene ring substituents is 1. The van der Waals surface area contributed by atoms with E-state index in [0.29, 0.717) is 13.2 Å². The zero-order valence-electron chi connectivity index (χ0n) is 9.26. The summed E-state index contributed by atoms with van der Waals surface area (Å²) in [6.07, 6.45) is 1.58. The molecular weight excluding hydrogens is 220 g/mol. The van der Waals surface area contributed by atoms with Crippen molar-refractivity contribution in [1.29, 1.82) is 5.26 Å². The molecule has 1 atom stereocenters. The molecule has 1 heterocycles. The molecule has 1 aromatic rings.